The van der Waals surface area contributed by atoms with Gasteiger partial charge in [0.05, 0.1) is 12.1 Å². The highest BCUT2D eigenvalue weighted by molar-refractivity contribution is 7.91. The zero-order valence-corrected chi connectivity index (χ0v) is 12.8. The second-order valence-corrected chi connectivity index (χ2v) is 7.05. The number of aromatic carboxylic acids is 1. The van der Waals surface area contributed by atoms with Crippen molar-refractivity contribution in [1.29, 1.82) is 0 Å². The monoisotopic (exact) mass is 320 g/mol. The van der Waals surface area contributed by atoms with E-state index in [1.165, 1.54) is 12.4 Å². The van der Waals surface area contributed by atoms with E-state index < -0.39 is 21.9 Å². The molecule has 1 heterocycles. The van der Waals surface area contributed by atoms with Crippen LogP contribution in [0.25, 0.3) is 0 Å². The number of carbonyl (C=O) groups is 2. The molecule has 7 nitrogen and oxygen atoms in total. The third kappa shape index (κ3) is 3.78. The first kappa shape index (κ1) is 16.6. The summed E-state index contributed by atoms with van der Waals surface area (Å²) in [5.41, 5.74) is -0.0787. The maximum absolute atomic E-state index is 12.4. The number of amides is 1. The molecule has 1 amide bonds. The maximum atomic E-state index is 12.4. The van der Waals surface area contributed by atoms with E-state index in [-0.39, 0.29) is 22.9 Å². The highest BCUT2D eigenvalue weighted by Crippen LogP contribution is 2.24. The van der Waals surface area contributed by atoms with Crippen LogP contribution in [-0.4, -0.2) is 49.8 Å². The first-order valence-electron chi connectivity index (χ1n) is 5.85. The molecule has 0 aliphatic carbocycles. The van der Waals surface area contributed by atoms with Crippen molar-refractivity contribution in [1.82, 2.24) is 9.62 Å². The van der Waals surface area contributed by atoms with Crippen molar-refractivity contribution in [2.24, 2.45) is 0 Å². The van der Waals surface area contributed by atoms with Crippen molar-refractivity contribution in [3.63, 3.8) is 0 Å². The highest BCUT2D eigenvalue weighted by atomic mass is 32.2. The van der Waals surface area contributed by atoms with Gasteiger partial charge in [-0.25, -0.2) is 13.2 Å². The van der Waals surface area contributed by atoms with Crippen molar-refractivity contribution in [3.8, 4) is 0 Å². The number of nitrogens with zero attached hydrogens (tertiary/aromatic N) is 1. The zero-order chi connectivity index (χ0) is 15.3. The molecule has 20 heavy (non-hydrogen) atoms. The molecule has 0 atom stereocenters. The Morgan fingerprint density at radius 1 is 1.45 bits per heavy atom. The molecule has 0 aliphatic heterocycles. The van der Waals surface area contributed by atoms with E-state index in [0.717, 1.165) is 21.7 Å². The molecule has 9 heteroatoms. The van der Waals surface area contributed by atoms with Crippen molar-refractivity contribution < 1.29 is 23.1 Å². The smallest absolute Gasteiger partial charge is 0.336 e. The number of carbonyl (C=O) groups excluding carboxylic acids is 1. The summed E-state index contributed by atoms with van der Waals surface area (Å²) in [5, 5.41) is 12.5. The molecule has 0 fully saturated rings. The van der Waals surface area contributed by atoms with Crippen LogP contribution >= 0.6 is 11.3 Å². The molecule has 0 saturated carbocycles. The van der Waals surface area contributed by atoms with E-state index >= 15 is 0 Å². The Morgan fingerprint density at radius 3 is 2.55 bits per heavy atom. The minimum atomic E-state index is -3.85. The Balaban J connectivity index is 3.08. The van der Waals surface area contributed by atoms with Gasteiger partial charge in [-0.3, -0.25) is 4.79 Å². The molecule has 1 rings (SSSR count). The number of nitrogens with one attached hydrogen (secondary N) is 1. The third-order valence-electron chi connectivity index (χ3n) is 2.49. The lowest BCUT2D eigenvalue weighted by Gasteiger charge is -2.19. The summed E-state index contributed by atoms with van der Waals surface area (Å²) < 4.78 is 25.7. The van der Waals surface area contributed by atoms with Gasteiger partial charge in [0.25, 0.3) is 10.0 Å². The second kappa shape index (κ2) is 6.82. The van der Waals surface area contributed by atoms with E-state index in [4.69, 9.17) is 5.11 Å². The molecule has 0 aliphatic rings. The maximum Gasteiger partial charge on any atom is 0.336 e. The number of carboxylic acid groups (broad SMARTS) is 1. The normalized spacial score (nSPS) is 11.6. The minimum Gasteiger partial charge on any atom is -0.478 e. The Hall–Kier alpha value is -1.45. The lowest BCUT2D eigenvalue weighted by Crippen LogP contribution is -2.39. The van der Waals surface area contributed by atoms with Crippen LogP contribution in [0.2, 0.25) is 0 Å². The third-order valence-corrected chi connectivity index (χ3v) is 5.75. The Morgan fingerprint density at radius 2 is 2.10 bits per heavy atom. The summed E-state index contributed by atoms with van der Waals surface area (Å²) in [4.78, 5) is 22.2. The predicted octanol–water partition coefficient (Wildman–Crippen LogP) is 0.593. The summed E-state index contributed by atoms with van der Waals surface area (Å²) in [5.74, 6) is -1.60. The predicted molar refractivity (Wildman–Crippen MR) is 74.4 cm³/mol. The molecular weight excluding hydrogens is 304 g/mol. The van der Waals surface area contributed by atoms with Crippen LogP contribution in [0.1, 0.15) is 23.7 Å². The molecule has 1 aromatic rings. The quantitative estimate of drug-likeness (QED) is 0.765. The highest BCUT2D eigenvalue weighted by Gasteiger charge is 2.27. The van der Waals surface area contributed by atoms with Crippen LogP contribution in [0, 0.1) is 0 Å². The molecule has 0 unspecified atom stereocenters. The van der Waals surface area contributed by atoms with E-state index in [9.17, 15) is 18.0 Å². The van der Waals surface area contributed by atoms with Gasteiger partial charge in [-0.1, -0.05) is 6.92 Å². The van der Waals surface area contributed by atoms with E-state index in [2.05, 4.69) is 5.32 Å². The molecule has 2 N–H and O–H groups in total. The van der Waals surface area contributed by atoms with Crippen LogP contribution in [0.15, 0.2) is 15.7 Å². The van der Waals surface area contributed by atoms with Crippen LogP contribution < -0.4 is 5.32 Å². The molecule has 1 aromatic heterocycles. The van der Waals surface area contributed by atoms with Gasteiger partial charge in [0, 0.05) is 19.0 Å². The van der Waals surface area contributed by atoms with Crippen LogP contribution in [0.5, 0.6) is 0 Å². The van der Waals surface area contributed by atoms with Crippen LogP contribution in [0.3, 0.4) is 0 Å². The summed E-state index contributed by atoms with van der Waals surface area (Å²) in [6.45, 7) is 1.70. The minimum absolute atomic E-state index is 0.0766. The van der Waals surface area contributed by atoms with E-state index in [0.29, 0.717) is 6.42 Å². The number of sulfonamides is 1. The standard InChI is InChI=1S/C11H16N2O5S2/c1-3-4-13(6-9(14)12-2)20(17,18)10-5-8(7-19-10)11(15)16/h5,7H,3-4,6H2,1-2H3,(H,12,14)(H,15,16). The van der Waals surface area contributed by atoms with E-state index in [1.807, 2.05) is 0 Å². The van der Waals surface area contributed by atoms with Gasteiger partial charge in [-0.2, -0.15) is 4.31 Å². The van der Waals surface area contributed by atoms with Crippen molar-refractivity contribution in [3.05, 3.63) is 17.0 Å². The fourth-order valence-electron chi connectivity index (χ4n) is 1.46. The largest absolute Gasteiger partial charge is 0.478 e. The van der Waals surface area contributed by atoms with Gasteiger partial charge in [0.1, 0.15) is 4.21 Å². The molecule has 0 bridgehead atoms. The summed E-state index contributed by atoms with van der Waals surface area (Å²) >= 11 is 0.832. The Kier molecular flexibility index (Phi) is 5.66. The van der Waals surface area contributed by atoms with Crippen LogP contribution in [0.4, 0.5) is 0 Å². The Bertz CT molecular complexity index is 594. The number of rotatable bonds is 7. The van der Waals surface area contributed by atoms with Gasteiger partial charge in [-0.05, 0) is 12.5 Å². The summed E-state index contributed by atoms with van der Waals surface area (Å²) in [7, 11) is -2.43. The van der Waals surface area contributed by atoms with Crippen LogP contribution in [-0.2, 0) is 14.8 Å². The zero-order valence-electron chi connectivity index (χ0n) is 11.1. The van der Waals surface area contributed by atoms with Crippen molar-refractivity contribution in [2.75, 3.05) is 20.1 Å². The van der Waals surface area contributed by atoms with Gasteiger partial charge in [-0.15, -0.1) is 11.3 Å². The van der Waals surface area contributed by atoms with Crippen molar-refractivity contribution >= 4 is 33.2 Å². The first-order chi connectivity index (χ1) is 9.32. The molecular formula is C11H16N2O5S2. The fourth-order valence-corrected chi connectivity index (χ4v) is 4.26. The molecule has 0 saturated heterocycles. The number of hydrogen-bond donors (Lipinski definition) is 2. The van der Waals surface area contributed by atoms with Gasteiger partial charge in [0.2, 0.25) is 5.91 Å². The SMILES string of the molecule is CCCN(CC(=O)NC)S(=O)(=O)c1cc(C(=O)O)cs1. The molecule has 112 valence electrons. The molecule has 0 spiro atoms. The summed E-state index contributed by atoms with van der Waals surface area (Å²) in [6.07, 6.45) is 0.549. The van der Waals surface area contributed by atoms with Crippen molar-refractivity contribution in [2.45, 2.75) is 17.6 Å². The average molecular weight is 320 g/mol. The Labute approximate surface area is 121 Å². The molecule has 0 aromatic carbocycles. The fraction of sp³-hybridized carbons (Fsp3) is 0.455. The van der Waals surface area contributed by atoms with Gasteiger partial charge < -0.3 is 10.4 Å². The number of carboxylic acids is 1. The number of likely N-dealkylation sites (N-methyl/N-ethyl adjacent to an activating group) is 1. The number of hydrogen-bond acceptors (Lipinski definition) is 5. The van der Waals surface area contributed by atoms with Gasteiger partial charge >= 0.3 is 5.97 Å². The lowest BCUT2D eigenvalue weighted by atomic mass is 10.4. The van der Waals surface area contributed by atoms with Gasteiger partial charge in [0.15, 0.2) is 0 Å². The second-order valence-electron chi connectivity index (χ2n) is 3.97. The van der Waals surface area contributed by atoms with E-state index in [1.54, 1.807) is 6.92 Å². The first-order valence-corrected chi connectivity index (χ1v) is 8.17. The summed E-state index contributed by atoms with van der Waals surface area (Å²) in [6, 6.07) is 1.11. The topological polar surface area (TPSA) is 104 Å². The lowest BCUT2D eigenvalue weighted by molar-refractivity contribution is -0.120. The molecule has 0 radical (unpaired) electrons. The number of thiophene rings is 1. The average Bonchev–Trinajstić information content (AvgIpc) is 2.88.